The van der Waals surface area contributed by atoms with Gasteiger partial charge in [-0.15, -0.1) is 0 Å². The van der Waals surface area contributed by atoms with E-state index in [0.29, 0.717) is 24.5 Å². The van der Waals surface area contributed by atoms with Gasteiger partial charge in [-0.05, 0) is 30.7 Å². The number of nitrogens with zero attached hydrogens (tertiary/aromatic N) is 3. The molecule has 1 aromatic heterocycles. The normalized spacial score (nSPS) is 16.2. The number of ether oxygens (including phenoxy) is 2. The van der Waals surface area contributed by atoms with Gasteiger partial charge in [0.25, 0.3) is 0 Å². The summed E-state index contributed by atoms with van der Waals surface area (Å²) in [4.78, 5) is 19.9. The first kappa shape index (κ1) is 22.2. The number of methoxy groups -OCH3 is 2. The molecule has 4 rings (SSSR count). The maximum absolute atomic E-state index is 13.1. The van der Waals surface area contributed by atoms with Gasteiger partial charge in [0, 0.05) is 31.5 Å². The van der Waals surface area contributed by atoms with E-state index < -0.39 is 0 Å². The highest BCUT2D eigenvalue weighted by Gasteiger charge is 2.36. The van der Waals surface area contributed by atoms with Crippen molar-refractivity contribution in [3.63, 3.8) is 0 Å². The Labute approximate surface area is 190 Å². The Morgan fingerprint density at radius 2 is 1.84 bits per heavy atom. The Hall–Kier alpha value is -3.02. The highest BCUT2D eigenvalue weighted by Crippen LogP contribution is 2.39. The lowest BCUT2D eigenvalue weighted by Crippen LogP contribution is -2.25. The number of para-hydroxylation sites is 2. The van der Waals surface area contributed by atoms with E-state index in [1.165, 1.54) is 25.7 Å². The Balaban J connectivity index is 1.61. The van der Waals surface area contributed by atoms with E-state index in [-0.39, 0.29) is 11.8 Å². The Kier molecular flexibility index (Phi) is 6.98. The van der Waals surface area contributed by atoms with Crippen LogP contribution in [-0.4, -0.2) is 36.2 Å². The largest absolute Gasteiger partial charge is 0.497 e. The molecule has 32 heavy (non-hydrogen) atoms. The molecule has 6 nitrogen and oxygen atoms in total. The quantitative estimate of drug-likeness (QED) is 0.392. The molecule has 0 saturated carbocycles. The van der Waals surface area contributed by atoms with Gasteiger partial charge in [0.2, 0.25) is 5.91 Å². The number of imidazole rings is 1. The number of unbranched alkanes of at least 4 members (excludes halogenated alkanes) is 4. The van der Waals surface area contributed by atoms with Crippen molar-refractivity contribution < 1.29 is 14.3 Å². The number of rotatable bonds is 10. The molecular weight excluding hydrogens is 402 g/mol. The van der Waals surface area contributed by atoms with E-state index in [1.54, 1.807) is 14.2 Å². The number of aryl methyl sites for hydroxylation is 1. The van der Waals surface area contributed by atoms with Crippen molar-refractivity contribution in [3.05, 3.63) is 48.3 Å². The second kappa shape index (κ2) is 10.1. The van der Waals surface area contributed by atoms with Gasteiger partial charge in [-0.25, -0.2) is 4.98 Å². The van der Waals surface area contributed by atoms with Crippen molar-refractivity contribution in [1.82, 2.24) is 9.55 Å². The number of benzene rings is 2. The third-order valence-electron chi connectivity index (χ3n) is 6.34. The standard InChI is InChI=1S/C26H33N3O3/c1-4-5-6-7-10-15-28-22-12-9-8-11-21(22)27-26(28)19-16-25(30)29(18-19)23-17-20(31-2)13-14-24(23)32-3/h8-9,11-14,17,19H,4-7,10,15-16,18H2,1-3H3. The first-order valence-corrected chi connectivity index (χ1v) is 11.6. The molecule has 1 aliphatic heterocycles. The molecule has 1 atom stereocenters. The zero-order valence-corrected chi connectivity index (χ0v) is 19.3. The average molecular weight is 436 g/mol. The molecule has 0 spiro atoms. The average Bonchev–Trinajstić information content (AvgIpc) is 3.39. The Morgan fingerprint density at radius 1 is 1.03 bits per heavy atom. The number of hydrogen-bond donors (Lipinski definition) is 0. The molecule has 1 aliphatic rings. The van der Waals surface area contributed by atoms with E-state index in [9.17, 15) is 4.79 Å². The summed E-state index contributed by atoms with van der Waals surface area (Å²) in [5, 5.41) is 0. The topological polar surface area (TPSA) is 56.6 Å². The van der Waals surface area contributed by atoms with Gasteiger partial charge in [0.15, 0.2) is 0 Å². The first-order chi connectivity index (χ1) is 15.7. The molecule has 1 unspecified atom stereocenters. The van der Waals surface area contributed by atoms with E-state index in [4.69, 9.17) is 14.5 Å². The van der Waals surface area contributed by atoms with Crippen LogP contribution in [0.25, 0.3) is 11.0 Å². The van der Waals surface area contributed by atoms with Crippen molar-refractivity contribution in [3.8, 4) is 11.5 Å². The molecule has 1 fully saturated rings. The number of hydrogen-bond acceptors (Lipinski definition) is 4. The van der Waals surface area contributed by atoms with Gasteiger partial charge in [-0.3, -0.25) is 4.79 Å². The summed E-state index contributed by atoms with van der Waals surface area (Å²) < 4.78 is 13.3. The molecule has 170 valence electrons. The van der Waals surface area contributed by atoms with Crippen LogP contribution in [0.4, 0.5) is 5.69 Å². The van der Waals surface area contributed by atoms with Crippen LogP contribution in [0.2, 0.25) is 0 Å². The van der Waals surface area contributed by atoms with Gasteiger partial charge < -0.3 is 18.9 Å². The molecule has 6 heteroatoms. The minimum atomic E-state index is 0.0430. The summed E-state index contributed by atoms with van der Waals surface area (Å²) in [6.07, 6.45) is 6.58. The summed E-state index contributed by atoms with van der Waals surface area (Å²) in [6.45, 7) is 3.76. The van der Waals surface area contributed by atoms with Gasteiger partial charge in [0.1, 0.15) is 17.3 Å². The maximum atomic E-state index is 13.1. The molecular formula is C26H33N3O3. The fourth-order valence-corrected chi connectivity index (χ4v) is 4.64. The second-order valence-electron chi connectivity index (χ2n) is 8.47. The molecule has 1 amide bonds. The summed E-state index contributed by atoms with van der Waals surface area (Å²) in [7, 11) is 3.25. The predicted octanol–water partition coefficient (Wildman–Crippen LogP) is 5.54. The fourth-order valence-electron chi connectivity index (χ4n) is 4.64. The SMILES string of the molecule is CCCCCCCn1c(C2CC(=O)N(c3cc(OC)ccc3OC)C2)nc2ccccc21. The van der Waals surface area contributed by atoms with E-state index in [0.717, 1.165) is 35.5 Å². The number of carbonyl (C=O) groups excluding carboxylic acids is 1. The molecule has 2 aromatic carbocycles. The minimum Gasteiger partial charge on any atom is -0.497 e. The van der Waals surface area contributed by atoms with E-state index in [2.05, 4.69) is 29.7 Å². The Morgan fingerprint density at radius 3 is 2.62 bits per heavy atom. The molecule has 0 bridgehead atoms. The summed E-state index contributed by atoms with van der Waals surface area (Å²) in [6, 6.07) is 13.9. The van der Waals surface area contributed by atoms with Crippen LogP contribution in [0.3, 0.4) is 0 Å². The van der Waals surface area contributed by atoms with E-state index in [1.807, 2.05) is 29.2 Å². The number of anilines is 1. The molecule has 0 aliphatic carbocycles. The lowest BCUT2D eigenvalue weighted by molar-refractivity contribution is -0.117. The highest BCUT2D eigenvalue weighted by molar-refractivity contribution is 5.98. The van der Waals surface area contributed by atoms with Crippen molar-refractivity contribution in [2.24, 2.45) is 0 Å². The molecule has 0 N–H and O–H groups in total. The van der Waals surface area contributed by atoms with Crippen LogP contribution in [0.15, 0.2) is 42.5 Å². The first-order valence-electron chi connectivity index (χ1n) is 11.6. The lowest BCUT2D eigenvalue weighted by atomic mass is 10.1. The smallest absolute Gasteiger partial charge is 0.227 e. The molecule has 2 heterocycles. The third-order valence-corrected chi connectivity index (χ3v) is 6.34. The predicted molar refractivity (Wildman–Crippen MR) is 128 cm³/mol. The van der Waals surface area contributed by atoms with Crippen LogP contribution in [0.1, 0.15) is 57.2 Å². The van der Waals surface area contributed by atoms with Crippen LogP contribution < -0.4 is 14.4 Å². The minimum absolute atomic E-state index is 0.0430. The number of aromatic nitrogens is 2. The highest BCUT2D eigenvalue weighted by atomic mass is 16.5. The fraction of sp³-hybridized carbons (Fsp3) is 0.462. The summed E-state index contributed by atoms with van der Waals surface area (Å²) in [5.74, 6) is 2.52. The van der Waals surface area contributed by atoms with Gasteiger partial charge in [-0.2, -0.15) is 0 Å². The van der Waals surface area contributed by atoms with Gasteiger partial charge in [0.05, 0.1) is 30.9 Å². The van der Waals surface area contributed by atoms with Crippen LogP contribution >= 0.6 is 0 Å². The summed E-state index contributed by atoms with van der Waals surface area (Å²) in [5.41, 5.74) is 2.91. The van der Waals surface area contributed by atoms with Gasteiger partial charge in [-0.1, -0.05) is 44.7 Å². The Bertz CT molecular complexity index is 1080. The number of carbonyl (C=O) groups is 1. The molecule has 3 aromatic rings. The number of amides is 1. The summed E-state index contributed by atoms with van der Waals surface area (Å²) >= 11 is 0. The molecule has 0 radical (unpaired) electrons. The molecule has 1 saturated heterocycles. The third kappa shape index (κ3) is 4.45. The second-order valence-corrected chi connectivity index (χ2v) is 8.47. The van der Waals surface area contributed by atoms with Crippen molar-refractivity contribution >= 4 is 22.6 Å². The lowest BCUT2D eigenvalue weighted by Gasteiger charge is -2.20. The van der Waals surface area contributed by atoms with Gasteiger partial charge >= 0.3 is 0 Å². The van der Waals surface area contributed by atoms with Crippen molar-refractivity contribution in [2.75, 3.05) is 25.7 Å². The monoisotopic (exact) mass is 435 g/mol. The van der Waals surface area contributed by atoms with Crippen molar-refractivity contribution in [1.29, 1.82) is 0 Å². The van der Waals surface area contributed by atoms with Crippen molar-refractivity contribution in [2.45, 2.75) is 57.9 Å². The van der Waals surface area contributed by atoms with Crippen LogP contribution in [0, 0.1) is 0 Å². The zero-order valence-electron chi connectivity index (χ0n) is 19.3. The van der Waals surface area contributed by atoms with E-state index >= 15 is 0 Å². The maximum Gasteiger partial charge on any atom is 0.227 e. The number of fused-ring (bicyclic) bond motifs is 1. The van der Waals surface area contributed by atoms with Crippen LogP contribution in [0.5, 0.6) is 11.5 Å². The van der Waals surface area contributed by atoms with Crippen LogP contribution in [-0.2, 0) is 11.3 Å². The zero-order chi connectivity index (χ0) is 22.5.